The van der Waals surface area contributed by atoms with Gasteiger partial charge in [0.15, 0.2) is 5.82 Å². The number of rotatable bonds is 11. The van der Waals surface area contributed by atoms with Crippen LogP contribution >= 0.6 is 0 Å². The van der Waals surface area contributed by atoms with Gasteiger partial charge in [0.05, 0.1) is 42.1 Å². The summed E-state index contributed by atoms with van der Waals surface area (Å²) in [7, 11) is 0. The Labute approximate surface area is 439 Å². The van der Waals surface area contributed by atoms with Gasteiger partial charge in [0.25, 0.3) is 0 Å². The lowest BCUT2D eigenvalue weighted by atomic mass is 9.72. The number of hydrogen-bond acceptors (Lipinski definition) is 12. The summed E-state index contributed by atoms with van der Waals surface area (Å²) in [4.78, 5) is 93.8. The number of piperidine rings is 4. The van der Waals surface area contributed by atoms with Crippen LogP contribution in [-0.2, 0) is 34.1 Å². The summed E-state index contributed by atoms with van der Waals surface area (Å²) in [5, 5.41) is 6.14. The summed E-state index contributed by atoms with van der Waals surface area (Å²) in [5.74, 6) is 1.68. The molecular formula is C58H73N11O6. The van der Waals surface area contributed by atoms with Crippen LogP contribution in [0.4, 0.5) is 17.3 Å². The van der Waals surface area contributed by atoms with E-state index in [9.17, 15) is 19.2 Å². The maximum atomic E-state index is 15.4. The Balaban J connectivity index is 0.661. The minimum absolute atomic E-state index is 0.108. The molecule has 3 unspecified atom stereocenters. The van der Waals surface area contributed by atoms with E-state index in [2.05, 4.69) is 79.9 Å². The molecule has 17 nitrogen and oxygen atoms in total. The summed E-state index contributed by atoms with van der Waals surface area (Å²) in [5.41, 5.74) is 5.40. The van der Waals surface area contributed by atoms with Crippen molar-refractivity contribution < 1.29 is 28.7 Å². The van der Waals surface area contributed by atoms with Crippen LogP contribution in [0.2, 0.25) is 0 Å². The van der Waals surface area contributed by atoms with Crippen molar-refractivity contribution in [3.63, 3.8) is 0 Å². The number of aromatic nitrogens is 4. The average molecular weight is 1020 g/mol. The van der Waals surface area contributed by atoms with Gasteiger partial charge >= 0.3 is 0 Å². The highest BCUT2D eigenvalue weighted by Crippen LogP contribution is 2.53. The van der Waals surface area contributed by atoms with Gasteiger partial charge < -0.3 is 34.2 Å². The lowest BCUT2D eigenvalue weighted by Crippen LogP contribution is -2.62. The van der Waals surface area contributed by atoms with Crippen molar-refractivity contribution in [3.05, 3.63) is 60.0 Å². The number of likely N-dealkylation sites (tertiary alicyclic amines) is 2. The SMILES string of the molecule is CC(C)n1cnc2cc(-c3ccc4c(c3)N(C3CC(N5C6CCC5COC6)C3)C(=O)C43CCN(C(=O)C4(C)CCN(C(=O)CC5CCN(c6ccc(C7CCC(=O)NC7=O)cn6)CC5)CC4)CC3)nc(NC3CC3)c21. The molecule has 10 heterocycles. The van der Waals surface area contributed by atoms with Gasteiger partial charge in [-0.15, -0.1) is 0 Å². The maximum absolute atomic E-state index is 15.4. The number of carbonyl (C=O) groups excluding carboxylic acids is 5. The number of fused-ring (bicyclic) bond motifs is 5. The third-order valence-corrected chi connectivity index (χ3v) is 19.3. The maximum Gasteiger partial charge on any atom is 0.238 e. The summed E-state index contributed by atoms with van der Waals surface area (Å²) in [6, 6.07) is 14.8. The number of nitrogens with one attached hydrogen (secondary N) is 2. The first kappa shape index (κ1) is 48.7. The van der Waals surface area contributed by atoms with Crippen LogP contribution in [-0.4, -0.2) is 146 Å². The molecule has 4 aromatic rings. The molecule has 2 aliphatic carbocycles. The lowest BCUT2D eigenvalue weighted by molar-refractivity contribution is -0.149. The van der Waals surface area contributed by atoms with Crippen molar-refractivity contribution >= 4 is 57.9 Å². The molecule has 17 heteroatoms. The fourth-order valence-corrected chi connectivity index (χ4v) is 14.5. The summed E-state index contributed by atoms with van der Waals surface area (Å²) in [6.07, 6.45) is 15.8. The molecule has 3 atom stereocenters. The van der Waals surface area contributed by atoms with Crippen molar-refractivity contribution in [1.29, 1.82) is 0 Å². The molecule has 0 radical (unpaired) electrons. The Morgan fingerprint density at radius 2 is 1.55 bits per heavy atom. The van der Waals surface area contributed by atoms with Gasteiger partial charge in [-0.2, -0.15) is 0 Å². The molecule has 7 aliphatic heterocycles. The van der Waals surface area contributed by atoms with Gasteiger partial charge in [-0.3, -0.25) is 34.2 Å². The van der Waals surface area contributed by atoms with E-state index in [-0.39, 0.29) is 53.5 Å². The molecular weight excluding hydrogens is 947 g/mol. The second-order valence-electron chi connectivity index (χ2n) is 24.3. The van der Waals surface area contributed by atoms with E-state index < -0.39 is 10.8 Å². The Hall–Kier alpha value is -5.94. The first-order valence-electron chi connectivity index (χ1n) is 28.4. The van der Waals surface area contributed by atoms with E-state index in [1.165, 1.54) is 12.8 Å². The van der Waals surface area contributed by atoms with Crippen molar-refractivity contribution in [2.75, 3.05) is 67.6 Å². The molecule has 1 spiro atoms. The van der Waals surface area contributed by atoms with Crippen molar-refractivity contribution in [3.8, 4) is 11.3 Å². The number of morpholine rings is 1. The van der Waals surface area contributed by atoms with Crippen molar-refractivity contribution in [1.82, 2.24) is 39.5 Å². The number of benzene rings is 1. The van der Waals surface area contributed by atoms with E-state index in [4.69, 9.17) is 14.7 Å². The highest BCUT2D eigenvalue weighted by Gasteiger charge is 2.57. The molecule has 8 fully saturated rings. The number of nitrogens with zero attached hydrogens (tertiary/aromatic N) is 9. The van der Waals surface area contributed by atoms with Gasteiger partial charge in [-0.25, -0.2) is 15.0 Å². The van der Waals surface area contributed by atoms with Crippen molar-refractivity contribution in [2.24, 2.45) is 11.3 Å². The lowest BCUT2D eigenvalue weighted by Gasteiger charge is -2.50. The monoisotopic (exact) mass is 1020 g/mol. The number of anilines is 3. The zero-order valence-corrected chi connectivity index (χ0v) is 44.0. The number of amides is 5. The van der Waals surface area contributed by atoms with Crippen molar-refractivity contribution in [2.45, 2.75) is 165 Å². The number of pyridine rings is 2. The molecule has 6 saturated heterocycles. The Bertz CT molecular complexity index is 2890. The molecule has 5 amide bonds. The quantitative estimate of drug-likeness (QED) is 0.152. The molecule has 2 saturated carbocycles. The number of hydrogen-bond donors (Lipinski definition) is 2. The molecule has 13 rings (SSSR count). The van der Waals surface area contributed by atoms with Crippen LogP contribution in [0.3, 0.4) is 0 Å². The minimum Gasteiger partial charge on any atom is -0.378 e. The van der Waals surface area contributed by atoms with Gasteiger partial charge in [0.2, 0.25) is 29.5 Å². The minimum atomic E-state index is -0.703. The van der Waals surface area contributed by atoms with Gasteiger partial charge in [-0.1, -0.05) is 25.1 Å². The van der Waals surface area contributed by atoms with E-state index in [1.807, 2.05) is 28.3 Å². The first-order chi connectivity index (χ1) is 36.3. The summed E-state index contributed by atoms with van der Waals surface area (Å²) < 4.78 is 8.16. The normalized spacial score (nSPS) is 27.8. The van der Waals surface area contributed by atoms with Gasteiger partial charge in [0.1, 0.15) is 11.3 Å². The van der Waals surface area contributed by atoms with Crippen LogP contribution in [0.5, 0.6) is 0 Å². The Morgan fingerprint density at radius 1 is 0.813 bits per heavy atom. The van der Waals surface area contributed by atoms with Crippen LogP contribution in [0.15, 0.2) is 48.9 Å². The second kappa shape index (κ2) is 19.0. The number of ether oxygens (including phenoxy) is 1. The van der Waals surface area contributed by atoms with E-state index in [1.54, 1.807) is 6.20 Å². The van der Waals surface area contributed by atoms with Gasteiger partial charge in [-0.05, 0) is 133 Å². The number of imidazole rings is 1. The topological polar surface area (TPSA) is 178 Å². The van der Waals surface area contributed by atoms with E-state index in [0.29, 0.717) is 95.3 Å². The predicted molar refractivity (Wildman–Crippen MR) is 284 cm³/mol. The molecule has 2 bridgehead atoms. The zero-order chi connectivity index (χ0) is 51.3. The predicted octanol–water partition coefficient (Wildman–Crippen LogP) is 6.71. The summed E-state index contributed by atoms with van der Waals surface area (Å²) in [6.45, 7) is 11.8. The molecule has 9 aliphatic rings. The average Bonchev–Trinajstić information content (AvgIpc) is 4.03. The van der Waals surface area contributed by atoms with Crippen LogP contribution in [0, 0.1) is 11.3 Å². The summed E-state index contributed by atoms with van der Waals surface area (Å²) >= 11 is 0. The molecule has 1 aromatic carbocycles. The highest BCUT2D eigenvalue weighted by atomic mass is 16.5. The Kier molecular flexibility index (Phi) is 12.3. The third-order valence-electron chi connectivity index (χ3n) is 19.3. The van der Waals surface area contributed by atoms with E-state index >= 15 is 4.79 Å². The second-order valence-corrected chi connectivity index (χ2v) is 24.3. The number of imide groups is 1. The van der Waals surface area contributed by atoms with Crippen LogP contribution < -0.4 is 20.4 Å². The zero-order valence-electron chi connectivity index (χ0n) is 44.0. The first-order valence-corrected chi connectivity index (χ1v) is 28.4. The fourth-order valence-electron chi connectivity index (χ4n) is 14.5. The van der Waals surface area contributed by atoms with Gasteiger partial charge in [0, 0.05) is 111 Å². The Morgan fingerprint density at radius 3 is 2.23 bits per heavy atom. The van der Waals surface area contributed by atoms with E-state index in [0.717, 1.165) is 116 Å². The molecule has 3 aromatic heterocycles. The molecule has 2 N–H and O–H groups in total. The molecule has 396 valence electrons. The fraction of sp³-hybridized carbons (Fsp3) is 0.621. The van der Waals surface area contributed by atoms with Crippen LogP contribution in [0.25, 0.3) is 22.3 Å². The smallest absolute Gasteiger partial charge is 0.238 e. The van der Waals surface area contributed by atoms with Crippen LogP contribution in [0.1, 0.15) is 140 Å². The molecule has 75 heavy (non-hydrogen) atoms. The largest absolute Gasteiger partial charge is 0.378 e. The standard InChI is InChI=1S/C58H73N11O6/c1-35(2)67-34-60-47-30-46(62-53(52(47)67)61-39-6-7-39)37-4-11-45-48(27-37)69(43-28-42(29-43)68-40-8-9-41(68)33-75-32-40)56(74)58(45)18-24-66(25-19-58)55(73)57(3)16-22-65(23-17-57)51(71)26-36-14-20-64(21-15-36)49-12-5-38(31-59-49)44-10-13-50(70)63-54(44)72/h4-5,11-12,27,30-31,34-36,39-44H,6-10,13-26,28-29,32-33H2,1-3H3,(H,61,62)(H,63,70,72). The highest BCUT2D eigenvalue weighted by molar-refractivity contribution is 6.09. The third kappa shape index (κ3) is 8.67. The number of carbonyl (C=O) groups is 5.